The molecular formula is C35H47N5O8S. The fraction of sp³-hybridized carbons (Fsp3) is 0.571. The number of likely N-dealkylation sites (tertiary alicyclic amines) is 1. The van der Waals surface area contributed by atoms with E-state index >= 15 is 0 Å². The van der Waals surface area contributed by atoms with Crippen molar-refractivity contribution in [2.75, 3.05) is 6.54 Å². The Kier molecular flexibility index (Phi) is 9.52. The molecule has 0 bridgehead atoms. The van der Waals surface area contributed by atoms with Gasteiger partial charge in [0.1, 0.15) is 29.3 Å². The summed E-state index contributed by atoms with van der Waals surface area (Å²) in [6.07, 6.45) is 2.77. The first-order valence-electron chi connectivity index (χ1n) is 16.6. The second kappa shape index (κ2) is 12.9. The lowest BCUT2D eigenvalue weighted by atomic mass is 9.85. The van der Waals surface area contributed by atoms with Crippen LogP contribution in [-0.4, -0.2) is 83.2 Å². The zero-order valence-electron chi connectivity index (χ0n) is 29.2. The minimum atomic E-state index is -3.89. The maximum Gasteiger partial charge on any atom is 0.408 e. The van der Waals surface area contributed by atoms with Gasteiger partial charge in [0.25, 0.3) is 5.91 Å². The lowest BCUT2D eigenvalue weighted by Crippen LogP contribution is -2.60. The van der Waals surface area contributed by atoms with Crippen molar-refractivity contribution in [3.8, 4) is 5.88 Å². The standard InChI is InChI=1S/C35H47N5O8S/c1-9-22-18-35(22,31(43)39-49(45,46)24-12-13-24)38-28(41)26-17-23(47-29-25-16-20(2)10-11-21(25)14-15-36-29)19-40(26)30(42)27(33(3,4)5)37-32(44)48-34(6,7)8/h9-11,14-16,22-24,26-27H,1,12-13,17-19H2,2-8H3,(H,37,44)(H,38,41)(H,39,43)/t22-,23-,26?,27-,35-/m1/s1. The van der Waals surface area contributed by atoms with E-state index in [4.69, 9.17) is 9.47 Å². The highest BCUT2D eigenvalue weighted by Crippen LogP contribution is 2.45. The van der Waals surface area contributed by atoms with Crippen LogP contribution in [0.2, 0.25) is 0 Å². The van der Waals surface area contributed by atoms with Gasteiger partial charge in [-0.1, -0.05) is 44.5 Å². The van der Waals surface area contributed by atoms with E-state index in [1.165, 1.54) is 11.0 Å². The van der Waals surface area contributed by atoms with Gasteiger partial charge in [-0.25, -0.2) is 18.2 Å². The number of fused-ring (bicyclic) bond motifs is 1. The van der Waals surface area contributed by atoms with Gasteiger partial charge in [-0.15, -0.1) is 6.58 Å². The number of hydrogen-bond donors (Lipinski definition) is 3. The van der Waals surface area contributed by atoms with E-state index < -0.39 is 79.7 Å². The molecule has 13 nitrogen and oxygen atoms in total. The van der Waals surface area contributed by atoms with Crippen molar-refractivity contribution >= 4 is 44.6 Å². The number of benzene rings is 1. The summed E-state index contributed by atoms with van der Waals surface area (Å²) >= 11 is 0. The molecule has 5 rings (SSSR count). The molecule has 3 fully saturated rings. The number of pyridine rings is 1. The SMILES string of the molecule is C=C[C@@H]1C[C@]1(NC(=O)C1C[C@@H](Oc2nccc3ccc(C)cc23)CN1C(=O)[C@@H](NC(=O)OC(C)(C)C)C(C)(C)C)C(=O)NS(=O)(=O)C1CC1. The quantitative estimate of drug-likeness (QED) is 0.314. The van der Waals surface area contributed by atoms with Crippen LogP contribution in [0.25, 0.3) is 10.8 Å². The number of ether oxygens (including phenoxy) is 2. The van der Waals surface area contributed by atoms with E-state index in [1.54, 1.807) is 47.7 Å². The van der Waals surface area contributed by atoms with Crippen LogP contribution in [-0.2, 0) is 29.1 Å². The van der Waals surface area contributed by atoms with Gasteiger partial charge in [-0.05, 0) is 69.9 Å². The molecule has 5 atom stereocenters. The Morgan fingerprint density at radius 2 is 1.80 bits per heavy atom. The van der Waals surface area contributed by atoms with Gasteiger partial charge in [0.2, 0.25) is 27.7 Å². The fourth-order valence-corrected chi connectivity index (χ4v) is 7.51. The smallest absolute Gasteiger partial charge is 0.408 e. The predicted molar refractivity (Wildman–Crippen MR) is 183 cm³/mol. The van der Waals surface area contributed by atoms with Gasteiger partial charge in [-0.3, -0.25) is 19.1 Å². The summed E-state index contributed by atoms with van der Waals surface area (Å²) in [6, 6.07) is 5.50. The summed E-state index contributed by atoms with van der Waals surface area (Å²) in [5, 5.41) is 6.53. The van der Waals surface area contributed by atoms with Gasteiger partial charge in [0.05, 0.1) is 11.8 Å². The maximum absolute atomic E-state index is 14.4. The van der Waals surface area contributed by atoms with Gasteiger partial charge >= 0.3 is 6.09 Å². The second-order valence-electron chi connectivity index (χ2n) is 15.5. The summed E-state index contributed by atoms with van der Waals surface area (Å²) in [5.41, 5.74) is -2.16. The van der Waals surface area contributed by atoms with Crippen molar-refractivity contribution in [1.82, 2.24) is 25.2 Å². The summed E-state index contributed by atoms with van der Waals surface area (Å²) in [4.78, 5) is 60.7. The van der Waals surface area contributed by atoms with Crippen LogP contribution in [0.3, 0.4) is 0 Å². The van der Waals surface area contributed by atoms with Crippen LogP contribution in [0.4, 0.5) is 4.79 Å². The number of carbonyl (C=O) groups is 4. The molecule has 1 aromatic heterocycles. The van der Waals surface area contributed by atoms with E-state index in [2.05, 4.69) is 26.9 Å². The average Bonchev–Trinajstić information content (AvgIpc) is 3.91. The first-order valence-corrected chi connectivity index (χ1v) is 18.1. The molecule has 3 aliphatic rings. The number of sulfonamides is 1. The highest BCUT2D eigenvalue weighted by atomic mass is 32.2. The Morgan fingerprint density at radius 1 is 1.10 bits per heavy atom. The third-order valence-corrected chi connectivity index (χ3v) is 10.9. The van der Waals surface area contributed by atoms with Crippen LogP contribution in [0.15, 0.2) is 43.1 Å². The van der Waals surface area contributed by atoms with Gasteiger partial charge in [0, 0.05) is 23.9 Å². The molecule has 2 aromatic rings. The molecule has 1 aromatic carbocycles. The first kappa shape index (κ1) is 36.1. The summed E-state index contributed by atoms with van der Waals surface area (Å²) in [5.74, 6) is -2.21. The highest BCUT2D eigenvalue weighted by molar-refractivity contribution is 7.91. The molecule has 1 unspecified atom stereocenters. The number of amides is 4. The number of aryl methyl sites for hydroxylation is 1. The maximum atomic E-state index is 14.4. The molecule has 4 amide bonds. The van der Waals surface area contributed by atoms with Crippen LogP contribution < -0.4 is 20.1 Å². The van der Waals surface area contributed by atoms with E-state index in [9.17, 15) is 27.6 Å². The van der Waals surface area contributed by atoms with Crippen LogP contribution in [0.1, 0.15) is 72.8 Å². The molecule has 2 saturated carbocycles. The second-order valence-corrected chi connectivity index (χ2v) is 17.4. The number of hydrogen-bond acceptors (Lipinski definition) is 9. The number of carbonyl (C=O) groups excluding carboxylic acids is 4. The van der Waals surface area contributed by atoms with Crippen molar-refractivity contribution < 1.29 is 37.1 Å². The van der Waals surface area contributed by atoms with Crippen molar-refractivity contribution in [3.05, 3.63) is 48.7 Å². The third kappa shape index (κ3) is 8.00. The summed E-state index contributed by atoms with van der Waals surface area (Å²) in [6.45, 7) is 16.2. The third-order valence-electron chi connectivity index (χ3n) is 9.03. The lowest BCUT2D eigenvalue weighted by molar-refractivity contribution is -0.143. The highest BCUT2D eigenvalue weighted by Gasteiger charge is 2.62. The Bertz CT molecular complexity index is 1780. The number of nitrogens with zero attached hydrogens (tertiary/aromatic N) is 2. The van der Waals surface area contributed by atoms with E-state index in [1.807, 2.05) is 31.2 Å². The number of alkyl carbamates (subject to hydrolysis) is 1. The van der Waals surface area contributed by atoms with Gasteiger partial charge in [-0.2, -0.15) is 0 Å². The Balaban J connectivity index is 1.44. The number of aromatic nitrogens is 1. The molecule has 0 radical (unpaired) electrons. The fourth-order valence-electron chi connectivity index (χ4n) is 6.14. The van der Waals surface area contributed by atoms with Crippen molar-refractivity contribution in [2.24, 2.45) is 11.3 Å². The number of rotatable bonds is 10. The molecule has 2 heterocycles. The zero-order valence-corrected chi connectivity index (χ0v) is 30.0. The normalized spacial score (nSPS) is 24.5. The zero-order chi connectivity index (χ0) is 36.1. The summed E-state index contributed by atoms with van der Waals surface area (Å²) < 4.78 is 39.3. The summed E-state index contributed by atoms with van der Waals surface area (Å²) in [7, 11) is -3.89. The topological polar surface area (TPSA) is 173 Å². The minimum absolute atomic E-state index is 0.0243. The van der Waals surface area contributed by atoms with Gasteiger partial charge in [0.15, 0.2) is 0 Å². The first-order chi connectivity index (χ1) is 22.7. The van der Waals surface area contributed by atoms with Crippen molar-refractivity contribution in [3.63, 3.8) is 0 Å². The number of nitrogens with one attached hydrogen (secondary N) is 3. The van der Waals surface area contributed by atoms with Crippen LogP contribution >= 0.6 is 0 Å². The van der Waals surface area contributed by atoms with Gasteiger partial charge < -0.3 is 25.0 Å². The van der Waals surface area contributed by atoms with Crippen molar-refractivity contribution in [2.45, 2.75) is 109 Å². The Morgan fingerprint density at radius 3 is 2.39 bits per heavy atom. The largest absolute Gasteiger partial charge is 0.472 e. The van der Waals surface area contributed by atoms with E-state index in [-0.39, 0.29) is 19.4 Å². The molecule has 49 heavy (non-hydrogen) atoms. The molecule has 0 spiro atoms. The Labute approximate surface area is 287 Å². The molecule has 2 aliphatic carbocycles. The lowest BCUT2D eigenvalue weighted by Gasteiger charge is -2.36. The molecule has 266 valence electrons. The predicted octanol–water partition coefficient (Wildman–Crippen LogP) is 3.50. The van der Waals surface area contributed by atoms with E-state index in [0.717, 1.165) is 16.3 Å². The molecule has 14 heteroatoms. The van der Waals surface area contributed by atoms with E-state index in [0.29, 0.717) is 18.7 Å². The molecule has 1 aliphatic heterocycles. The Hall–Kier alpha value is -4.20. The average molecular weight is 698 g/mol. The molecular weight excluding hydrogens is 650 g/mol. The van der Waals surface area contributed by atoms with Crippen LogP contribution in [0.5, 0.6) is 5.88 Å². The molecule has 1 saturated heterocycles. The minimum Gasteiger partial charge on any atom is -0.472 e. The van der Waals surface area contributed by atoms with Crippen molar-refractivity contribution in [1.29, 1.82) is 0 Å². The van der Waals surface area contributed by atoms with Crippen LogP contribution in [0, 0.1) is 18.3 Å². The monoisotopic (exact) mass is 697 g/mol. The molecule has 3 N–H and O–H groups in total.